The highest BCUT2D eigenvalue weighted by molar-refractivity contribution is 5.94. The molecule has 1 aliphatic rings. The fourth-order valence-corrected chi connectivity index (χ4v) is 3.49. The Morgan fingerprint density at radius 1 is 1.03 bits per heavy atom. The van der Waals surface area contributed by atoms with Gasteiger partial charge in [0.15, 0.2) is 0 Å². The lowest BCUT2D eigenvalue weighted by Crippen LogP contribution is -2.59. The minimum absolute atomic E-state index is 0.00143. The van der Waals surface area contributed by atoms with Gasteiger partial charge in [0, 0.05) is 6.42 Å². The quantitative estimate of drug-likeness (QED) is 0.215. The van der Waals surface area contributed by atoms with Crippen LogP contribution in [0.2, 0.25) is 0 Å². The smallest absolute Gasteiger partial charge is 0.328 e. The number of aromatic hydroxyl groups is 1. The van der Waals surface area contributed by atoms with Crippen molar-refractivity contribution >= 4 is 23.7 Å². The van der Waals surface area contributed by atoms with Gasteiger partial charge in [-0.1, -0.05) is 26.0 Å². The van der Waals surface area contributed by atoms with Crippen molar-refractivity contribution in [2.24, 2.45) is 5.92 Å². The lowest BCUT2D eigenvalue weighted by molar-refractivity contribution is -0.143. The van der Waals surface area contributed by atoms with Crippen LogP contribution in [0.15, 0.2) is 24.3 Å². The molecular formula is C22H32N4O7. The molecule has 1 aromatic carbocycles. The van der Waals surface area contributed by atoms with Gasteiger partial charge >= 0.3 is 5.97 Å². The molecule has 0 aromatic heterocycles. The largest absolute Gasteiger partial charge is 0.508 e. The fraction of sp³-hybridized carbons (Fsp3) is 0.545. The zero-order valence-electron chi connectivity index (χ0n) is 18.7. The number of phenols is 1. The molecule has 182 valence electrons. The number of carboxylic acid groups (broad SMARTS) is 1. The number of aliphatic hydroxyl groups is 1. The Morgan fingerprint density at radius 2 is 1.67 bits per heavy atom. The molecule has 1 fully saturated rings. The van der Waals surface area contributed by atoms with Crippen LogP contribution in [0, 0.1) is 5.92 Å². The Morgan fingerprint density at radius 3 is 2.18 bits per heavy atom. The normalized spacial score (nSPS) is 18.2. The van der Waals surface area contributed by atoms with Crippen molar-refractivity contribution in [2.45, 2.75) is 57.3 Å². The number of phenolic OH excluding ortho intramolecular Hbond substituents is 1. The van der Waals surface area contributed by atoms with Gasteiger partial charge in [0.2, 0.25) is 17.7 Å². The first-order valence-corrected chi connectivity index (χ1v) is 10.9. The van der Waals surface area contributed by atoms with Crippen molar-refractivity contribution in [1.82, 2.24) is 21.3 Å². The number of hydrogen-bond acceptors (Lipinski definition) is 7. The van der Waals surface area contributed by atoms with E-state index >= 15 is 0 Å². The van der Waals surface area contributed by atoms with E-state index in [4.69, 9.17) is 5.11 Å². The van der Waals surface area contributed by atoms with Gasteiger partial charge in [0.25, 0.3) is 0 Å². The van der Waals surface area contributed by atoms with Crippen molar-refractivity contribution in [2.75, 3.05) is 13.2 Å². The van der Waals surface area contributed by atoms with E-state index in [-0.39, 0.29) is 30.0 Å². The third-order valence-corrected chi connectivity index (χ3v) is 5.43. The third kappa shape index (κ3) is 7.72. The summed E-state index contributed by atoms with van der Waals surface area (Å²) in [5.41, 5.74) is 0.601. The molecule has 11 heteroatoms. The summed E-state index contributed by atoms with van der Waals surface area (Å²) in [6.07, 6.45) is 1.53. The first-order chi connectivity index (χ1) is 15.6. The van der Waals surface area contributed by atoms with E-state index in [2.05, 4.69) is 21.3 Å². The van der Waals surface area contributed by atoms with Crippen LogP contribution in [0.3, 0.4) is 0 Å². The highest BCUT2D eigenvalue weighted by atomic mass is 16.4. The lowest BCUT2D eigenvalue weighted by Gasteiger charge is -2.27. The molecule has 0 radical (unpaired) electrons. The molecule has 0 saturated carbocycles. The minimum atomic E-state index is -1.54. The SMILES string of the molecule is CC(C)C(NC(=O)C1CCCN1)C(=O)NC(Cc1ccc(O)cc1)C(=O)NC(CO)C(=O)O. The molecule has 0 spiro atoms. The van der Waals surface area contributed by atoms with Crippen molar-refractivity contribution < 1.29 is 34.5 Å². The van der Waals surface area contributed by atoms with Gasteiger partial charge in [-0.05, 0) is 43.0 Å². The molecule has 0 aliphatic carbocycles. The number of nitrogens with one attached hydrogen (secondary N) is 4. The second-order valence-corrected chi connectivity index (χ2v) is 8.39. The molecule has 4 unspecified atom stereocenters. The molecule has 1 heterocycles. The first-order valence-electron chi connectivity index (χ1n) is 10.9. The van der Waals surface area contributed by atoms with Crippen molar-refractivity contribution in [3.05, 3.63) is 29.8 Å². The number of rotatable bonds is 11. The number of carbonyl (C=O) groups excluding carboxylic acids is 3. The van der Waals surface area contributed by atoms with E-state index in [1.807, 2.05) is 0 Å². The summed E-state index contributed by atoms with van der Waals surface area (Å²) in [6.45, 7) is 3.42. The summed E-state index contributed by atoms with van der Waals surface area (Å²) < 4.78 is 0. The maximum atomic E-state index is 13.1. The van der Waals surface area contributed by atoms with Gasteiger partial charge < -0.3 is 36.6 Å². The molecule has 7 N–H and O–H groups in total. The van der Waals surface area contributed by atoms with E-state index in [1.165, 1.54) is 12.1 Å². The second-order valence-electron chi connectivity index (χ2n) is 8.39. The number of aliphatic carboxylic acids is 1. The molecule has 1 saturated heterocycles. The van der Waals surface area contributed by atoms with E-state index in [1.54, 1.807) is 26.0 Å². The average Bonchev–Trinajstić information content (AvgIpc) is 3.31. The molecular weight excluding hydrogens is 432 g/mol. The van der Waals surface area contributed by atoms with E-state index in [9.17, 15) is 29.4 Å². The summed E-state index contributed by atoms with van der Waals surface area (Å²) in [7, 11) is 0. The first kappa shape index (κ1) is 26.1. The number of carbonyl (C=O) groups is 4. The standard InChI is InChI=1S/C22H32N4O7/c1-12(2)18(26-19(29)15-4-3-9-23-15)21(31)24-16(10-13-5-7-14(28)8-6-13)20(30)25-17(11-27)22(32)33/h5-8,12,15-18,23,27-28H,3-4,9-11H2,1-2H3,(H,24,31)(H,25,30)(H,26,29)(H,32,33). The summed E-state index contributed by atoms with van der Waals surface area (Å²) >= 11 is 0. The Bertz CT molecular complexity index is 838. The van der Waals surface area contributed by atoms with E-state index < -0.39 is 42.5 Å². The highest BCUT2D eigenvalue weighted by Crippen LogP contribution is 2.13. The van der Waals surface area contributed by atoms with Crippen LogP contribution in [0.1, 0.15) is 32.3 Å². The second kappa shape index (κ2) is 12.2. The number of carboxylic acids is 1. The monoisotopic (exact) mass is 464 g/mol. The summed E-state index contributed by atoms with van der Waals surface area (Å²) in [6, 6.07) is 1.96. The van der Waals surface area contributed by atoms with Crippen molar-refractivity contribution in [1.29, 1.82) is 0 Å². The molecule has 2 rings (SSSR count). The summed E-state index contributed by atoms with van der Waals surface area (Å²) in [4.78, 5) is 49.6. The Balaban J connectivity index is 2.17. The minimum Gasteiger partial charge on any atom is -0.508 e. The van der Waals surface area contributed by atoms with Gasteiger partial charge in [-0.25, -0.2) is 4.79 Å². The number of amides is 3. The highest BCUT2D eigenvalue weighted by Gasteiger charge is 2.32. The van der Waals surface area contributed by atoms with Gasteiger partial charge in [-0.3, -0.25) is 14.4 Å². The van der Waals surface area contributed by atoms with Crippen molar-refractivity contribution in [3.63, 3.8) is 0 Å². The predicted molar refractivity (Wildman–Crippen MR) is 118 cm³/mol. The van der Waals surface area contributed by atoms with E-state index in [0.29, 0.717) is 12.0 Å². The lowest BCUT2D eigenvalue weighted by atomic mass is 10.00. The van der Waals surface area contributed by atoms with Crippen LogP contribution in [0.25, 0.3) is 0 Å². The summed E-state index contributed by atoms with van der Waals surface area (Å²) in [5.74, 6) is -3.37. The van der Waals surface area contributed by atoms with E-state index in [0.717, 1.165) is 13.0 Å². The van der Waals surface area contributed by atoms with Crippen LogP contribution >= 0.6 is 0 Å². The van der Waals surface area contributed by atoms with Crippen LogP contribution < -0.4 is 21.3 Å². The number of aliphatic hydroxyl groups excluding tert-OH is 1. The zero-order valence-corrected chi connectivity index (χ0v) is 18.7. The Kier molecular flexibility index (Phi) is 9.61. The average molecular weight is 465 g/mol. The van der Waals surface area contributed by atoms with Crippen LogP contribution in [0.5, 0.6) is 5.75 Å². The number of hydrogen-bond donors (Lipinski definition) is 7. The zero-order chi connectivity index (χ0) is 24.5. The van der Waals surface area contributed by atoms with Crippen molar-refractivity contribution in [3.8, 4) is 5.75 Å². The van der Waals surface area contributed by atoms with Crippen LogP contribution in [-0.2, 0) is 25.6 Å². The molecule has 33 heavy (non-hydrogen) atoms. The molecule has 3 amide bonds. The van der Waals surface area contributed by atoms with Crippen LogP contribution in [0.4, 0.5) is 0 Å². The number of benzene rings is 1. The fourth-order valence-electron chi connectivity index (χ4n) is 3.49. The van der Waals surface area contributed by atoms with Gasteiger partial charge in [-0.15, -0.1) is 0 Å². The molecule has 1 aromatic rings. The molecule has 11 nitrogen and oxygen atoms in total. The van der Waals surface area contributed by atoms with Gasteiger partial charge in [0.1, 0.15) is 23.9 Å². The van der Waals surface area contributed by atoms with Gasteiger partial charge in [-0.2, -0.15) is 0 Å². The third-order valence-electron chi connectivity index (χ3n) is 5.43. The topological polar surface area (TPSA) is 177 Å². The molecule has 0 bridgehead atoms. The molecule has 1 aliphatic heterocycles. The maximum Gasteiger partial charge on any atom is 0.328 e. The Labute approximate surface area is 191 Å². The van der Waals surface area contributed by atoms with Crippen LogP contribution in [-0.4, -0.2) is 76.3 Å². The summed E-state index contributed by atoms with van der Waals surface area (Å²) in [5, 5.41) is 38.4. The molecule has 4 atom stereocenters. The maximum absolute atomic E-state index is 13.1. The predicted octanol–water partition coefficient (Wildman–Crippen LogP) is -1.13. The van der Waals surface area contributed by atoms with Gasteiger partial charge in [0.05, 0.1) is 12.6 Å². The Hall–Kier alpha value is -3.18.